The molecule has 0 bridgehead atoms. The molecule has 0 atom stereocenters. The van der Waals surface area contributed by atoms with Crippen LogP contribution >= 0.6 is 11.3 Å². The first-order valence-corrected chi connectivity index (χ1v) is 17.7. The lowest BCUT2D eigenvalue weighted by Crippen LogP contribution is -1.97. The van der Waals surface area contributed by atoms with Crippen LogP contribution < -0.4 is 0 Å². The van der Waals surface area contributed by atoms with E-state index < -0.39 is 0 Å². The van der Waals surface area contributed by atoms with Gasteiger partial charge in [-0.15, -0.1) is 11.3 Å². The topological polar surface area (TPSA) is 30.7 Å². The number of aromatic nitrogens is 3. The van der Waals surface area contributed by atoms with E-state index in [9.17, 15) is 0 Å². The van der Waals surface area contributed by atoms with Crippen molar-refractivity contribution in [2.45, 2.75) is 0 Å². The third-order valence-electron chi connectivity index (χ3n) is 10.2. The Morgan fingerprint density at radius 3 is 1.78 bits per heavy atom. The van der Waals surface area contributed by atoms with Gasteiger partial charge in [0.25, 0.3) is 0 Å². The normalized spacial score (nSPS) is 12.0. The summed E-state index contributed by atoms with van der Waals surface area (Å²) in [6.07, 6.45) is 0. The lowest BCUT2D eigenvalue weighted by molar-refractivity contribution is 1.17. The molecule has 0 amide bonds. The second-order valence-electron chi connectivity index (χ2n) is 13.0. The van der Waals surface area contributed by atoms with E-state index in [0.717, 1.165) is 38.5 Å². The first-order chi connectivity index (χ1) is 24.8. The molecule has 0 aliphatic rings. The number of hydrogen-bond acceptors (Lipinski definition) is 3. The van der Waals surface area contributed by atoms with Crippen LogP contribution in [0.25, 0.3) is 103 Å². The molecule has 0 saturated heterocycles. The summed E-state index contributed by atoms with van der Waals surface area (Å²) in [7, 11) is 0. The highest BCUT2D eigenvalue weighted by molar-refractivity contribution is 7.25. The molecule has 0 aliphatic carbocycles. The molecule has 4 heteroatoms. The van der Waals surface area contributed by atoms with Gasteiger partial charge in [-0.25, -0.2) is 9.97 Å². The molecule has 8 aromatic carbocycles. The standard InChI is InChI=1S/C46H27N3S/c1-2-13-31-26-32(21-20-28(31)10-1)44-43-37-18-7-8-19-40(37)50-46(43)48-45(47-44)33-14-9-15-34(27-33)49-38-24-22-29-11-3-5-16-35(29)41(38)42-36-17-6-4-12-30(36)23-25-39(42)49/h1-27H. The van der Waals surface area contributed by atoms with E-state index in [1.807, 2.05) is 0 Å². The fraction of sp³-hybridized carbons (Fsp3) is 0. The van der Waals surface area contributed by atoms with Gasteiger partial charge in [0.05, 0.1) is 16.7 Å². The quantitative estimate of drug-likeness (QED) is 0.190. The maximum Gasteiger partial charge on any atom is 0.161 e. The van der Waals surface area contributed by atoms with Crippen molar-refractivity contribution in [2.24, 2.45) is 0 Å². The van der Waals surface area contributed by atoms with Gasteiger partial charge in [0.15, 0.2) is 5.82 Å². The summed E-state index contributed by atoms with van der Waals surface area (Å²) in [6.45, 7) is 0. The van der Waals surface area contributed by atoms with Gasteiger partial charge in [-0.2, -0.15) is 0 Å². The Kier molecular flexibility index (Phi) is 5.83. The smallest absolute Gasteiger partial charge is 0.161 e. The minimum absolute atomic E-state index is 0.728. The van der Waals surface area contributed by atoms with Crippen LogP contribution in [0.15, 0.2) is 164 Å². The molecule has 11 aromatic rings. The second kappa shape index (κ2) is 10.6. The molecule has 0 spiro atoms. The lowest BCUT2D eigenvalue weighted by atomic mass is 10.00. The molecule has 3 aromatic heterocycles. The Labute approximate surface area is 291 Å². The average Bonchev–Trinajstić information content (AvgIpc) is 3.74. The van der Waals surface area contributed by atoms with E-state index in [1.54, 1.807) is 11.3 Å². The van der Waals surface area contributed by atoms with Crippen LogP contribution in [0.3, 0.4) is 0 Å². The van der Waals surface area contributed by atoms with Crippen LogP contribution in [0.4, 0.5) is 0 Å². The molecular formula is C46H27N3S. The summed E-state index contributed by atoms with van der Waals surface area (Å²) in [5.41, 5.74) is 6.50. The summed E-state index contributed by atoms with van der Waals surface area (Å²) in [5.74, 6) is 0.728. The molecule has 0 radical (unpaired) electrons. The SMILES string of the molecule is c1cc(-c2nc(-c3ccc4ccccc4c3)c3c(n2)sc2ccccc23)cc(-n2c3ccc4ccccc4c3c3c4ccccc4ccc32)c1. The van der Waals surface area contributed by atoms with Crippen LogP contribution in [-0.2, 0) is 0 Å². The fourth-order valence-electron chi connectivity index (χ4n) is 7.91. The van der Waals surface area contributed by atoms with Crippen LogP contribution in [0, 0.1) is 0 Å². The monoisotopic (exact) mass is 653 g/mol. The van der Waals surface area contributed by atoms with Crippen molar-refractivity contribution in [1.82, 2.24) is 14.5 Å². The molecule has 3 nitrogen and oxygen atoms in total. The molecule has 0 fully saturated rings. The Morgan fingerprint density at radius 1 is 0.420 bits per heavy atom. The number of fused-ring (bicyclic) bond motifs is 11. The zero-order valence-electron chi connectivity index (χ0n) is 26.8. The van der Waals surface area contributed by atoms with Gasteiger partial charge >= 0.3 is 0 Å². The Bertz CT molecular complexity index is 3070. The van der Waals surface area contributed by atoms with Gasteiger partial charge in [-0.3, -0.25) is 0 Å². The maximum atomic E-state index is 5.39. The summed E-state index contributed by atoms with van der Waals surface area (Å²) < 4.78 is 3.63. The van der Waals surface area contributed by atoms with E-state index in [-0.39, 0.29) is 0 Å². The maximum absolute atomic E-state index is 5.39. The number of hydrogen-bond donors (Lipinski definition) is 0. The average molecular weight is 654 g/mol. The number of thiophene rings is 1. The van der Waals surface area contributed by atoms with Gasteiger partial charge in [-0.1, -0.05) is 127 Å². The van der Waals surface area contributed by atoms with Gasteiger partial charge in [-0.05, 0) is 68.7 Å². The van der Waals surface area contributed by atoms with E-state index in [1.165, 1.54) is 64.2 Å². The van der Waals surface area contributed by atoms with E-state index in [4.69, 9.17) is 9.97 Å². The number of rotatable bonds is 3. The van der Waals surface area contributed by atoms with Crippen molar-refractivity contribution < 1.29 is 0 Å². The van der Waals surface area contributed by atoms with Gasteiger partial charge in [0.2, 0.25) is 0 Å². The van der Waals surface area contributed by atoms with Gasteiger partial charge < -0.3 is 4.57 Å². The summed E-state index contributed by atoms with van der Waals surface area (Å²) in [5, 5.41) is 12.3. The molecule has 0 unspecified atom stereocenters. The van der Waals surface area contributed by atoms with E-state index in [0.29, 0.717) is 0 Å². The van der Waals surface area contributed by atoms with Crippen molar-refractivity contribution in [3.8, 4) is 28.3 Å². The highest BCUT2D eigenvalue weighted by atomic mass is 32.1. The van der Waals surface area contributed by atoms with Gasteiger partial charge in [0.1, 0.15) is 4.83 Å². The minimum atomic E-state index is 0.728. The number of benzene rings is 8. The van der Waals surface area contributed by atoms with Crippen molar-refractivity contribution in [2.75, 3.05) is 0 Å². The zero-order chi connectivity index (χ0) is 32.8. The minimum Gasteiger partial charge on any atom is -0.309 e. The summed E-state index contributed by atoms with van der Waals surface area (Å²) >= 11 is 1.73. The van der Waals surface area contributed by atoms with Crippen LogP contribution in [0.1, 0.15) is 0 Å². The van der Waals surface area contributed by atoms with Crippen molar-refractivity contribution in [3.05, 3.63) is 164 Å². The fourth-order valence-corrected chi connectivity index (χ4v) is 8.98. The molecule has 0 saturated carbocycles. The van der Waals surface area contributed by atoms with Crippen molar-refractivity contribution in [3.63, 3.8) is 0 Å². The predicted molar refractivity (Wildman–Crippen MR) is 213 cm³/mol. The first-order valence-electron chi connectivity index (χ1n) is 16.9. The molecule has 11 rings (SSSR count). The molecule has 0 N–H and O–H groups in total. The molecule has 232 valence electrons. The van der Waals surface area contributed by atoms with Crippen molar-refractivity contribution >= 4 is 85.8 Å². The summed E-state index contributed by atoms with van der Waals surface area (Å²) in [4.78, 5) is 11.6. The first kappa shape index (κ1) is 27.6. The summed E-state index contributed by atoms with van der Waals surface area (Å²) in [6, 6.07) is 59.0. The third kappa shape index (κ3) is 4.03. The molecule has 50 heavy (non-hydrogen) atoms. The Balaban J connectivity index is 1.18. The lowest BCUT2D eigenvalue weighted by Gasteiger charge is -2.12. The Hall–Kier alpha value is -6.36. The van der Waals surface area contributed by atoms with Crippen LogP contribution in [0.2, 0.25) is 0 Å². The zero-order valence-corrected chi connectivity index (χ0v) is 27.7. The number of nitrogens with zero attached hydrogens (tertiary/aromatic N) is 3. The highest BCUT2D eigenvalue weighted by Gasteiger charge is 2.20. The largest absolute Gasteiger partial charge is 0.309 e. The Morgan fingerprint density at radius 2 is 1.04 bits per heavy atom. The molecular weight excluding hydrogens is 627 g/mol. The molecule has 0 aliphatic heterocycles. The molecule has 3 heterocycles. The predicted octanol–water partition coefficient (Wildman–Crippen LogP) is 12.7. The van der Waals surface area contributed by atoms with Crippen LogP contribution in [-0.4, -0.2) is 14.5 Å². The highest BCUT2D eigenvalue weighted by Crippen LogP contribution is 2.42. The van der Waals surface area contributed by atoms with E-state index in [2.05, 4.69) is 168 Å². The van der Waals surface area contributed by atoms with Crippen LogP contribution in [0.5, 0.6) is 0 Å². The second-order valence-corrected chi connectivity index (χ2v) is 14.0. The van der Waals surface area contributed by atoms with E-state index >= 15 is 0 Å². The third-order valence-corrected chi connectivity index (χ3v) is 11.2. The van der Waals surface area contributed by atoms with Crippen molar-refractivity contribution in [1.29, 1.82) is 0 Å². The van der Waals surface area contributed by atoms with Gasteiger partial charge in [0, 0.05) is 43.1 Å².